The van der Waals surface area contributed by atoms with E-state index >= 15 is 0 Å². The molecule has 27 heavy (non-hydrogen) atoms. The van der Waals surface area contributed by atoms with Gasteiger partial charge in [0.25, 0.3) is 5.91 Å². The molecule has 1 aliphatic heterocycles. The van der Waals surface area contributed by atoms with E-state index in [0.29, 0.717) is 15.6 Å². The highest BCUT2D eigenvalue weighted by Gasteiger charge is 2.45. The van der Waals surface area contributed by atoms with Gasteiger partial charge in [-0.1, -0.05) is 41.4 Å². The van der Waals surface area contributed by atoms with Gasteiger partial charge >= 0.3 is 5.97 Å². The molecule has 1 amide bonds. The average Bonchev–Trinajstić information content (AvgIpc) is 3.00. The van der Waals surface area contributed by atoms with Crippen LogP contribution < -0.4 is 5.43 Å². The molecular formula is C19H16Cl2N2O4. The fourth-order valence-corrected chi connectivity index (χ4v) is 3.00. The largest absolute Gasteiger partial charge is 0.461 e. The molecule has 8 heteroatoms. The summed E-state index contributed by atoms with van der Waals surface area (Å²) in [6.45, 7) is 1.81. The normalized spacial score (nSPS) is 18.7. The maximum Gasteiger partial charge on any atom is 0.356 e. The molecule has 3 rings (SSSR count). The molecule has 0 fully saturated rings. The van der Waals surface area contributed by atoms with Gasteiger partial charge in [0.15, 0.2) is 0 Å². The summed E-state index contributed by atoms with van der Waals surface area (Å²) in [5, 5.41) is 13.1. The van der Waals surface area contributed by atoms with Crippen LogP contribution in [0.15, 0.2) is 60.3 Å². The Kier molecular flexibility index (Phi) is 5.41. The van der Waals surface area contributed by atoms with Crippen LogP contribution in [0.25, 0.3) is 0 Å². The number of nitrogens with zero attached hydrogens (tertiary/aromatic N) is 1. The molecule has 0 aliphatic carbocycles. The van der Waals surface area contributed by atoms with Crippen molar-refractivity contribution in [2.24, 2.45) is 0 Å². The highest BCUT2D eigenvalue weighted by Crippen LogP contribution is 2.34. The zero-order valence-electron chi connectivity index (χ0n) is 14.3. The van der Waals surface area contributed by atoms with Gasteiger partial charge < -0.3 is 9.84 Å². The molecular weight excluding hydrogens is 391 g/mol. The van der Waals surface area contributed by atoms with Crippen molar-refractivity contribution in [3.05, 3.63) is 81.5 Å². The van der Waals surface area contributed by atoms with Crippen molar-refractivity contribution in [3.63, 3.8) is 0 Å². The van der Waals surface area contributed by atoms with Crippen LogP contribution in [-0.4, -0.2) is 28.6 Å². The number of hydrogen-bond donors (Lipinski definition) is 2. The van der Waals surface area contributed by atoms with Gasteiger partial charge in [-0.3, -0.25) is 10.2 Å². The van der Waals surface area contributed by atoms with Crippen LogP contribution in [-0.2, 0) is 15.3 Å². The molecule has 0 bridgehead atoms. The summed E-state index contributed by atoms with van der Waals surface area (Å²) in [5.41, 5.74) is 1.24. The van der Waals surface area contributed by atoms with Gasteiger partial charge in [0.2, 0.25) is 5.72 Å². The lowest BCUT2D eigenvalue weighted by Crippen LogP contribution is -2.51. The van der Waals surface area contributed by atoms with Crippen LogP contribution in [0, 0.1) is 0 Å². The van der Waals surface area contributed by atoms with Crippen molar-refractivity contribution in [2.45, 2.75) is 12.6 Å². The summed E-state index contributed by atoms with van der Waals surface area (Å²) in [6.07, 6.45) is 1.23. The van der Waals surface area contributed by atoms with E-state index in [1.165, 1.54) is 12.1 Å². The topological polar surface area (TPSA) is 78.9 Å². The Labute approximate surface area is 165 Å². The van der Waals surface area contributed by atoms with Gasteiger partial charge in [0, 0.05) is 27.2 Å². The standard InChI is InChI=1S/C19H16Cl2N2O4/c1-2-27-18(25)16-11-19(26,13-6-8-14(20)9-7-13)23(22-16)17(24)12-4-3-5-15(21)10-12/h3-11,22,26H,2H2,1H3. The molecule has 0 aromatic heterocycles. The van der Waals surface area contributed by atoms with Gasteiger partial charge in [-0.15, -0.1) is 0 Å². The molecule has 1 atom stereocenters. The number of hydrogen-bond acceptors (Lipinski definition) is 5. The number of amides is 1. The van der Waals surface area contributed by atoms with E-state index in [1.54, 1.807) is 49.4 Å². The fourth-order valence-electron chi connectivity index (χ4n) is 2.68. The zero-order valence-corrected chi connectivity index (χ0v) is 15.8. The minimum Gasteiger partial charge on any atom is -0.461 e. The first kappa shape index (κ1) is 19.2. The molecule has 2 N–H and O–H groups in total. The predicted molar refractivity (Wildman–Crippen MR) is 101 cm³/mol. The second kappa shape index (κ2) is 7.60. The molecule has 140 valence electrons. The Hall–Kier alpha value is -2.54. The molecule has 1 heterocycles. The van der Waals surface area contributed by atoms with Crippen LogP contribution in [0.4, 0.5) is 0 Å². The average molecular weight is 407 g/mol. The van der Waals surface area contributed by atoms with Crippen molar-refractivity contribution < 1.29 is 19.4 Å². The van der Waals surface area contributed by atoms with Crippen LogP contribution in [0.2, 0.25) is 10.0 Å². The summed E-state index contributed by atoms with van der Waals surface area (Å²) in [7, 11) is 0. The number of esters is 1. The lowest BCUT2D eigenvalue weighted by Gasteiger charge is -2.32. The predicted octanol–water partition coefficient (Wildman–Crippen LogP) is 3.25. The van der Waals surface area contributed by atoms with Crippen LogP contribution in [0.1, 0.15) is 22.8 Å². The summed E-state index contributed by atoms with van der Waals surface area (Å²) in [4.78, 5) is 25.1. The van der Waals surface area contributed by atoms with Gasteiger partial charge in [0.1, 0.15) is 5.70 Å². The number of carbonyl (C=O) groups excluding carboxylic acids is 2. The number of hydrazine groups is 1. The van der Waals surface area contributed by atoms with E-state index in [4.69, 9.17) is 27.9 Å². The smallest absolute Gasteiger partial charge is 0.356 e. The van der Waals surface area contributed by atoms with Crippen LogP contribution in [0.3, 0.4) is 0 Å². The number of halogens is 2. The van der Waals surface area contributed by atoms with E-state index in [2.05, 4.69) is 5.43 Å². The third kappa shape index (κ3) is 3.78. The number of carbonyl (C=O) groups is 2. The first-order valence-electron chi connectivity index (χ1n) is 8.10. The number of nitrogens with one attached hydrogen (secondary N) is 1. The van der Waals surface area contributed by atoms with Crippen LogP contribution >= 0.6 is 23.2 Å². The molecule has 0 saturated heterocycles. The minimum atomic E-state index is -1.92. The van der Waals surface area contributed by atoms with Crippen LogP contribution in [0.5, 0.6) is 0 Å². The number of rotatable bonds is 4. The van der Waals surface area contributed by atoms with Crippen molar-refractivity contribution in [2.75, 3.05) is 6.61 Å². The summed E-state index contributed by atoms with van der Waals surface area (Å²) in [5.74, 6) is -1.27. The van der Waals surface area contributed by atoms with Gasteiger partial charge in [0.05, 0.1) is 6.61 Å². The minimum absolute atomic E-state index is 0.0512. The van der Waals surface area contributed by atoms with E-state index < -0.39 is 17.6 Å². The summed E-state index contributed by atoms with van der Waals surface area (Å²) in [6, 6.07) is 12.5. The van der Waals surface area contributed by atoms with Gasteiger partial charge in [-0.05, 0) is 37.3 Å². The Morgan fingerprint density at radius 1 is 1.15 bits per heavy atom. The van der Waals surface area contributed by atoms with Gasteiger partial charge in [-0.2, -0.15) is 0 Å². The van der Waals surface area contributed by atoms with E-state index in [9.17, 15) is 14.7 Å². The molecule has 0 radical (unpaired) electrons. The second-order valence-electron chi connectivity index (χ2n) is 5.77. The Morgan fingerprint density at radius 2 is 1.85 bits per heavy atom. The monoisotopic (exact) mass is 406 g/mol. The first-order chi connectivity index (χ1) is 12.8. The SMILES string of the molecule is CCOC(=O)C1=CC(O)(c2ccc(Cl)cc2)N(C(=O)c2cccc(Cl)c2)N1. The number of ether oxygens (including phenoxy) is 1. The van der Waals surface area contributed by atoms with E-state index in [0.717, 1.165) is 5.01 Å². The second-order valence-corrected chi connectivity index (χ2v) is 6.65. The molecule has 1 aliphatic rings. The third-order valence-electron chi connectivity index (χ3n) is 3.96. The highest BCUT2D eigenvalue weighted by molar-refractivity contribution is 6.31. The Morgan fingerprint density at radius 3 is 2.48 bits per heavy atom. The zero-order chi connectivity index (χ0) is 19.6. The van der Waals surface area contributed by atoms with Crippen molar-refractivity contribution >= 4 is 35.1 Å². The molecule has 0 spiro atoms. The highest BCUT2D eigenvalue weighted by atomic mass is 35.5. The third-order valence-corrected chi connectivity index (χ3v) is 4.44. The van der Waals surface area contributed by atoms with Crippen molar-refractivity contribution in [1.82, 2.24) is 10.4 Å². The fraction of sp³-hybridized carbons (Fsp3) is 0.158. The maximum absolute atomic E-state index is 13.0. The van der Waals surface area contributed by atoms with E-state index in [-0.39, 0.29) is 17.9 Å². The van der Waals surface area contributed by atoms with E-state index in [1.807, 2.05) is 0 Å². The quantitative estimate of drug-likeness (QED) is 0.761. The summed E-state index contributed by atoms with van der Waals surface area (Å²) >= 11 is 11.9. The molecule has 0 saturated carbocycles. The Balaban J connectivity index is 2.04. The Bertz CT molecular complexity index is 914. The molecule has 6 nitrogen and oxygen atoms in total. The van der Waals surface area contributed by atoms with Crippen molar-refractivity contribution in [1.29, 1.82) is 0 Å². The summed E-state index contributed by atoms with van der Waals surface area (Å²) < 4.78 is 4.97. The lowest BCUT2D eigenvalue weighted by molar-refractivity contribution is -0.139. The van der Waals surface area contributed by atoms with Crippen molar-refractivity contribution in [3.8, 4) is 0 Å². The first-order valence-corrected chi connectivity index (χ1v) is 8.86. The number of aliphatic hydroxyl groups is 1. The number of benzene rings is 2. The lowest BCUT2D eigenvalue weighted by atomic mass is 10.0. The maximum atomic E-state index is 13.0. The molecule has 2 aromatic rings. The molecule has 1 unspecified atom stereocenters. The molecule has 2 aromatic carbocycles. The van der Waals surface area contributed by atoms with Gasteiger partial charge in [-0.25, -0.2) is 9.80 Å².